The van der Waals surface area contributed by atoms with Gasteiger partial charge in [0.25, 0.3) is 0 Å². The molecular formula is C19H19NO3S. The number of thioether (sulfide) groups is 1. The molecule has 0 saturated carbocycles. The van der Waals surface area contributed by atoms with E-state index in [1.54, 1.807) is 4.90 Å². The first-order valence-electron chi connectivity index (χ1n) is 7.87. The average molecular weight is 341 g/mol. The summed E-state index contributed by atoms with van der Waals surface area (Å²) in [4.78, 5) is 26.9. The smallest absolute Gasteiger partial charge is 0.307 e. The van der Waals surface area contributed by atoms with Crippen LogP contribution in [0.1, 0.15) is 17.5 Å². The van der Waals surface area contributed by atoms with E-state index < -0.39 is 0 Å². The third-order valence-electron chi connectivity index (χ3n) is 4.00. The highest BCUT2D eigenvalue weighted by molar-refractivity contribution is 8.00. The fourth-order valence-corrected chi connectivity index (χ4v) is 3.54. The molecular weight excluding hydrogens is 322 g/mol. The first-order chi connectivity index (χ1) is 11.6. The number of hydrogen-bond donors (Lipinski definition) is 0. The number of ether oxygens (including phenoxy) is 1. The van der Waals surface area contributed by atoms with Crippen LogP contribution in [0, 0.1) is 6.92 Å². The van der Waals surface area contributed by atoms with Crippen molar-refractivity contribution in [3.8, 4) is 0 Å². The Labute approximate surface area is 145 Å². The number of para-hydroxylation sites is 1. The molecule has 0 spiro atoms. The van der Waals surface area contributed by atoms with Crippen molar-refractivity contribution in [3.05, 3.63) is 59.7 Å². The number of benzene rings is 2. The van der Waals surface area contributed by atoms with Crippen LogP contribution >= 0.6 is 11.8 Å². The van der Waals surface area contributed by atoms with E-state index in [4.69, 9.17) is 4.74 Å². The normalized spacial score (nSPS) is 13.5. The van der Waals surface area contributed by atoms with E-state index in [0.29, 0.717) is 12.3 Å². The highest BCUT2D eigenvalue weighted by Gasteiger charge is 2.24. The molecule has 0 radical (unpaired) electrons. The maximum atomic E-state index is 12.1. The van der Waals surface area contributed by atoms with Crippen molar-refractivity contribution >= 4 is 29.3 Å². The molecule has 0 fully saturated rings. The van der Waals surface area contributed by atoms with Crippen molar-refractivity contribution in [2.45, 2.75) is 24.8 Å². The molecule has 0 bridgehead atoms. The third kappa shape index (κ3) is 3.79. The van der Waals surface area contributed by atoms with Crippen molar-refractivity contribution < 1.29 is 14.3 Å². The predicted molar refractivity (Wildman–Crippen MR) is 95.1 cm³/mol. The molecule has 0 aliphatic carbocycles. The number of carbonyl (C=O) groups is 2. The summed E-state index contributed by atoms with van der Waals surface area (Å²) in [6.45, 7) is 2.61. The van der Waals surface area contributed by atoms with Gasteiger partial charge in [0.2, 0.25) is 5.91 Å². The molecule has 1 amide bonds. The van der Waals surface area contributed by atoms with Gasteiger partial charge < -0.3 is 9.64 Å². The van der Waals surface area contributed by atoms with E-state index in [2.05, 4.69) is 0 Å². The second-order valence-electron chi connectivity index (χ2n) is 5.64. The van der Waals surface area contributed by atoms with Crippen LogP contribution in [-0.4, -0.2) is 24.2 Å². The Morgan fingerprint density at radius 3 is 2.75 bits per heavy atom. The second kappa shape index (κ2) is 7.53. The average Bonchev–Trinajstić information content (AvgIpc) is 2.60. The Bertz CT molecular complexity index is 760. The summed E-state index contributed by atoms with van der Waals surface area (Å²) in [5.41, 5.74) is 2.98. The van der Waals surface area contributed by atoms with Crippen LogP contribution in [-0.2, 0) is 20.9 Å². The molecule has 1 aliphatic rings. The van der Waals surface area contributed by atoms with Crippen LogP contribution < -0.4 is 4.90 Å². The molecule has 4 nitrogen and oxygen atoms in total. The largest absolute Gasteiger partial charge is 0.461 e. The highest BCUT2D eigenvalue weighted by Crippen LogP contribution is 2.34. The quantitative estimate of drug-likeness (QED) is 0.780. The summed E-state index contributed by atoms with van der Waals surface area (Å²) in [5, 5.41) is 0. The molecule has 1 aliphatic heterocycles. The first kappa shape index (κ1) is 16.6. The van der Waals surface area contributed by atoms with Crippen molar-refractivity contribution in [2.75, 3.05) is 17.2 Å². The molecule has 24 heavy (non-hydrogen) atoms. The number of amides is 1. The van der Waals surface area contributed by atoms with Gasteiger partial charge >= 0.3 is 5.97 Å². The number of nitrogens with zero attached hydrogens (tertiary/aromatic N) is 1. The van der Waals surface area contributed by atoms with Crippen LogP contribution in [0.15, 0.2) is 53.4 Å². The van der Waals surface area contributed by atoms with Gasteiger partial charge in [-0.15, -0.1) is 11.8 Å². The maximum absolute atomic E-state index is 12.1. The number of hydrogen-bond acceptors (Lipinski definition) is 4. The Hall–Kier alpha value is -2.27. The van der Waals surface area contributed by atoms with Crippen LogP contribution in [0.4, 0.5) is 5.69 Å². The highest BCUT2D eigenvalue weighted by atomic mass is 32.2. The zero-order valence-corrected chi connectivity index (χ0v) is 14.3. The van der Waals surface area contributed by atoms with Gasteiger partial charge in [-0.25, -0.2) is 0 Å². The number of anilines is 1. The van der Waals surface area contributed by atoms with Gasteiger partial charge in [0.05, 0.1) is 17.9 Å². The Morgan fingerprint density at radius 2 is 1.92 bits per heavy atom. The minimum Gasteiger partial charge on any atom is -0.461 e. The standard InChI is InChI=1S/C19H19NO3S/c1-14-6-2-3-7-15(14)12-23-19(22)10-11-20-16-8-4-5-9-17(16)24-13-18(20)21/h2-9H,10-13H2,1H3. The summed E-state index contributed by atoms with van der Waals surface area (Å²) >= 11 is 1.54. The zero-order valence-electron chi connectivity index (χ0n) is 13.5. The zero-order chi connectivity index (χ0) is 16.9. The van der Waals surface area contributed by atoms with E-state index >= 15 is 0 Å². The van der Waals surface area contributed by atoms with Gasteiger partial charge in [0.1, 0.15) is 6.61 Å². The summed E-state index contributed by atoms with van der Waals surface area (Å²) in [6.07, 6.45) is 0.191. The fourth-order valence-electron chi connectivity index (χ4n) is 2.60. The molecule has 3 rings (SSSR count). The molecule has 0 N–H and O–H groups in total. The SMILES string of the molecule is Cc1ccccc1COC(=O)CCN1C(=O)CSc2ccccc21. The monoisotopic (exact) mass is 341 g/mol. The molecule has 2 aromatic rings. The number of esters is 1. The minimum atomic E-state index is -0.290. The maximum Gasteiger partial charge on any atom is 0.307 e. The molecule has 2 aromatic carbocycles. The van der Waals surface area contributed by atoms with Gasteiger partial charge in [0, 0.05) is 11.4 Å². The molecule has 0 atom stereocenters. The summed E-state index contributed by atoms with van der Waals surface area (Å²) in [7, 11) is 0. The lowest BCUT2D eigenvalue weighted by molar-refractivity contribution is -0.144. The van der Waals surface area contributed by atoms with Crippen LogP contribution in [0.3, 0.4) is 0 Å². The first-order valence-corrected chi connectivity index (χ1v) is 8.86. The molecule has 0 saturated heterocycles. The van der Waals surface area contributed by atoms with Crippen molar-refractivity contribution in [2.24, 2.45) is 0 Å². The molecule has 124 valence electrons. The lowest BCUT2D eigenvalue weighted by Gasteiger charge is -2.28. The lowest BCUT2D eigenvalue weighted by atomic mass is 10.1. The second-order valence-corrected chi connectivity index (χ2v) is 6.66. The van der Waals surface area contributed by atoms with Gasteiger partial charge in [0.15, 0.2) is 0 Å². The number of carbonyl (C=O) groups excluding carboxylic acids is 2. The van der Waals surface area contributed by atoms with Crippen LogP contribution in [0.5, 0.6) is 0 Å². The van der Waals surface area contributed by atoms with Crippen LogP contribution in [0.25, 0.3) is 0 Å². The summed E-state index contributed by atoms with van der Waals surface area (Å²) < 4.78 is 5.34. The van der Waals surface area contributed by atoms with E-state index in [1.807, 2.05) is 55.5 Å². The fraction of sp³-hybridized carbons (Fsp3) is 0.263. The topological polar surface area (TPSA) is 46.6 Å². The van der Waals surface area contributed by atoms with E-state index in [9.17, 15) is 9.59 Å². The van der Waals surface area contributed by atoms with E-state index in [1.165, 1.54) is 11.8 Å². The van der Waals surface area contributed by atoms with E-state index in [0.717, 1.165) is 21.7 Å². The van der Waals surface area contributed by atoms with Crippen molar-refractivity contribution in [1.82, 2.24) is 0 Å². The number of aryl methyl sites for hydroxylation is 1. The summed E-state index contributed by atoms with van der Waals surface area (Å²) in [6, 6.07) is 15.6. The Morgan fingerprint density at radius 1 is 1.17 bits per heavy atom. The van der Waals surface area contributed by atoms with Crippen molar-refractivity contribution in [3.63, 3.8) is 0 Å². The molecule has 0 unspecified atom stereocenters. The Balaban J connectivity index is 1.57. The van der Waals surface area contributed by atoms with Gasteiger partial charge in [-0.1, -0.05) is 36.4 Å². The molecule has 1 heterocycles. The van der Waals surface area contributed by atoms with Gasteiger partial charge in [-0.3, -0.25) is 9.59 Å². The van der Waals surface area contributed by atoms with E-state index in [-0.39, 0.29) is 24.9 Å². The summed E-state index contributed by atoms with van der Waals surface area (Å²) in [5.74, 6) is 0.155. The minimum absolute atomic E-state index is 0.0328. The predicted octanol–water partition coefficient (Wildman–Crippen LogP) is 3.57. The number of fused-ring (bicyclic) bond motifs is 1. The third-order valence-corrected chi connectivity index (χ3v) is 5.05. The Kier molecular flexibility index (Phi) is 5.20. The van der Waals surface area contributed by atoms with Crippen molar-refractivity contribution in [1.29, 1.82) is 0 Å². The molecule has 5 heteroatoms. The lowest BCUT2D eigenvalue weighted by Crippen LogP contribution is -2.37. The molecule has 0 aromatic heterocycles. The van der Waals surface area contributed by atoms with Gasteiger partial charge in [-0.05, 0) is 30.2 Å². The van der Waals surface area contributed by atoms with Crippen LogP contribution in [0.2, 0.25) is 0 Å². The number of rotatable bonds is 5. The van der Waals surface area contributed by atoms with Gasteiger partial charge in [-0.2, -0.15) is 0 Å².